The van der Waals surface area contributed by atoms with Gasteiger partial charge in [0.1, 0.15) is 11.6 Å². The Balaban J connectivity index is 1.80. The summed E-state index contributed by atoms with van der Waals surface area (Å²) in [6.07, 6.45) is 13.9. The van der Waals surface area contributed by atoms with E-state index < -0.39 is 47.6 Å². The molecule has 0 aromatic carbocycles. The van der Waals surface area contributed by atoms with Gasteiger partial charge in [0.15, 0.2) is 0 Å². The van der Waals surface area contributed by atoms with Gasteiger partial charge in [-0.25, -0.2) is 0 Å². The lowest BCUT2D eigenvalue weighted by Crippen LogP contribution is -2.62. The number of carbonyl (C=O) groups is 6. The van der Waals surface area contributed by atoms with E-state index in [4.69, 9.17) is 37.9 Å². The van der Waals surface area contributed by atoms with E-state index in [1.54, 1.807) is 44.9 Å². The summed E-state index contributed by atoms with van der Waals surface area (Å²) in [7, 11) is 4.80. The molecule has 4 N–H and O–H groups in total. The molecule has 6 amide bonds. The minimum Gasteiger partial charge on any atom is -0.379 e. The Morgan fingerprint density at radius 1 is 0.733 bits per heavy atom. The topological polar surface area (TPSA) is 231 Å². The molecule has 20 nitrogen and oxygen atoms in total. The van der Waals surface area contributed by atoms with Crippen molar-refractivity contribution in [2.75, 3.05) is 126 Å². The molecule has 0 saturated carbocycles. The van der Waals surface area contributed by atoms with Crippen LogP contribution in [-0.4, -0.2) is 207 Å². The molecular weight excluding hydrogens is 1040 g/mol. The first-order valence-corrected chi connectivity index (χ1v) is 27.9. The summed E-state index contributed by atoms with van der Waals surface area (Å²) >= 11 is 3.08. The zero-order valence-electron chi connectivity index (χ0n) is 46.7. The molecule has 1 heterocycles. The minimum atomic E-state index is -1.36. The number of hydrogen-bond acceptors (Lipinski definition) is 14. The highest BCUT2D eigenvalue weighted by Crippen LogP contribution is 2.30. The van der Waals surface area contributed by atoms with Crippen molar-refractivity contribution in [1.82, 2.24) is 31.1 Å². The highest BCUT2D eigenvalue weighted by atomic mass is 79.9. The molecule has 75 heavy (non-hydrogen) atoms. The van der Waals surface area contributed by atoms with Crippen molar-refractivity contribution < 1.29 is 66.7 Å². The Labute approximate surface area is 455 Å². The molecule has 1 aliphatic carbocycles. The third-order valence-corrected chi connectivity index (χ3v) is 13.9. The first-order valence-electron chi connectivity index (χ1n) is 26.8. The van der Waals surface area contributed by atoms with Crippen LogP contribution in [0.4, 0.5) is 0 Å². The molecule has 1 fully saturated rings. The van der Waals surface area contributed by atoms with Crippen molar-refractivity contribution in [1.29, 1.82) is 0 Å². The monoisotopic (exact) mass is 1130 g/mol. The summed E-state index contributed by atoms with van der Waals surface area (Å²) in [4.78, 5) is 83.5. The molecular formula is C54H93BrN6O14. The van der Waals surface area contributed by atoms with Crippen LogP contribution in [0.3, 0.4) is 0 Å². The van der Waals surface area contributed by atoms with Gasteiger partial charge in [0.05, 0.1) is 121 Å². The summed E-state index contributed by atoms with van der Waals surface area (Å²) in [5.41, 5.74) is -1.36. The maximum atomic E-state index is 14.5. The summed E-state index contributed by atoms with van der Waals surface area (Å²) in [6, 6.07) is -1.79. The predicted molar refractivity (Wildman–Crippen MR) is 290 cm³/mol. The van der Waals surface area contributed by atoms with E-state index in [2.05, 4.69) is 49.3 Å². The van der Waals surface area contributed by atoms with Gasteiger partial charge in [0, 0.05) is 47.3 Å². The summed E-state index contributed by atoms with van der Waals surface area (Å²) < 4.78 is 44.9. The standard InChI is InChI=1S/C54H93BrN6O14/c1-11-40(4)49(44(68-9)37-47(64)61-24-16-19-43(61)50(69-10)41(5)51(65)57-22-20-42-17-14-12-13-15-18-42)60(8)52(66)48(39(2)3)58-53(67)54(6,7)59-45(62)21-25-70-27-29-72-31-33-74-35-36-75-34-32-73-30-28-71-26-23-56-46(63)38-55/h12-15,17-18,39-44,48-50H,11,16,19-38H2,1-10H3,(H,56,63)(H,57,65)(H,58,67)(H,59,62)/t40-,41+,43-,44?,48-,49?,50+/m0/s1. The first-order chi connectivity index (χ1) is 35.9. The Kier molecular flexibility index (Phi) is 34.7. The molecule has 0 aromatic heterocycles. The van der Waals surface area contributed by atoms with Crippen LogP contribution in [0, 0.1) is 23.7 Å². The molecule has 0 spiro atoms. The number of alkyl halides is 1. The Hall–Kier alpha value is -3.80. The smallest absolute Gasteiger partial charge is 0.245 e. The number of carbonyl (C=O) groups excluding carboxylic acids is 6. The molecule has 0 radical (unpaired) electrons. The predicted octanol–water partition coefficient (Wildman–Crippen LogP) is 3.75. The molecule has 21 heteroatoms. The van der Waals surface area contributed by atoms with Gasteiger partial charge in [0.2, 0.25) is 35.4 Å². The second kappa shape index (κ2) is 38.7. The second-order valence-electron chi connectivity index (χ2n) is 19.8. The van der Waals surface area contributed by atoms with Crippen molar-refractivity contribution in [2.24, 2.45) is 23.7 Å². The normalized spacial score (nSPS) is 17.2. The number of nitrogens with one attached hydrogen (secondary N) is 4. The van der Waals surface area contributed by atoms with Gasteiger partial charge >= 0.3 is 0 Å². The Bertz CT molecular complexity index is 1750. The van der Waals surface area contributed by atoms with Gasteiger partial charge in [-0.15, -0.1) is 0 Å². The van der Waals surface area contributed by atoms with Crippen molar-refractivity contribution in [3.8, 4) is 0 Å². The largest absolute Gasteiger partial charge is 0.379 e. The SMILES string of the molecule is CC[C@H](C)C(C(CC(=O)N1CCC[C@H]1[C@H](OC)[C@@H](C)C(=O)NCCC1C=CC=CC=C1)OC)N(C)C(=O)[C@@H](NC(=O)C(C)(C)NC(=O)CCOCCOCCOCCOCCOCCOCCNC(=O)CBr)C(C)C. The number of allylic oxidation sites excluding steroid dienone is 6. The fourth-order valence-electron chi connectivity index (χ4n) is 8.83. The number of nitrogens with zero attached hydrogens (tertiary/aromatic N) is 2. The summed E-state index contributed by atoms with van der Waals surface area (Å²) in [5.74, 6) is -2.32. The van der Waals surface area contributed by atoms with Gasteiger partial charge in [-0.05, 0) is 50.9 Å². The Morgan fingerprint density at radius 3 is 1.79 bits per heavy atom. The molecule has 0 aromatic rings. The maximum absolute atomic E-state index is 14.5. The Morgan fingerprint density at radius 2 is 1.28 bits per heavy atom. The number of amides is 6. The molecule has 430 valence electrons. The maximum Gasteiger partial charge on any atom is 0.245 e. The zero-order chi connectivity index (χ0) is 55.6. The van der Waals surface area contributed by atoms with E-state index >= 15 is 0 Å². The van der Waals surface area contributed by atoms with Gasteiger partial charge in [0.25, 0.3) is 0 Å². The van der Waals surface area contributed by atoms with Gasteiger partial charge in [-0.3, -0.25) is 28.8 Å². The van der Waals surface area contributed by atoms with Crippen LogP contribution in [0.15, 0.2) is 36.5 Å². The molecule has 2 unspecified atom stereocenters. The van der Waals surface area contributed by atoms with Gasteiger partial charge in [-0.2, -0.15) is 0 Å². The quantitative estimate of drug-likeness (QED) is 0.0505. The molecule has 2 aliphatic rings. The first kappa shape index (κ1) is 67.3. The summed E-state index contributed by atoms with van der Waals surface area (Å²) in [5, 5.41) is 11.7. The van der Waals surface area contributed by atoms with E-state index in [0.717, 1.165) is 12.8 Å². The highest BCUT2D eigenvalue weighted by Gasteiger charge is 2.43. The van der Waals surface area contributed by atoms with Gasteiger partial charge < -0.3 is 69.0 Å². The number of halogens is 1. The van der Waals surface area contributed by atoms with Crippen molar-refractivity contribution in [3.05, 3.63) is 36.5 Å². The minimum absolute atomic E-state index is 0.00473. The van der Waals surface area contributed by atoms with Crippen molar-refractivity contribution in [2.45, 2.75) is 123 Å². The van der Waals surface area contributed by atoms with E-state index in [-0.39, 0.29) is 78.8 Å². The van der Waals surface area contributed by atoms with E-state index in [0.29, 0.717) is 98.5 Å². The highest BCUT2D eigenvalue weighted by molar-refractivity contribution is 9.09. The van der Waals surface area contributed by atoms with Crippen LogP contribution < -0.4 is 21.3 Å². The molecule has 2 rings (SSSR count). The van der Waals surface area contributed by atoms with E-state index in [1.165, 1.54) is 0 Å². The summed E-state index contributed by atoms with van der Waals surface area (Å²) in [6.45, 7) is 18.6. The average Bonchev–Trinajstić information content (AvgIpc) is 3.72. The van der Waals surface area contributed by atoms with Crippen LogP contribution in [0.2, 0.25) is 0 Å². The number of likely N-dealkylation sites (N-methyl/N-ethyl adjacent to an activating group) is 1. The third kappa shape index (κ3) is 25.9. The lowest BCUT2D eigenvalue weighted by atomic mass is 9.89. The number of rotatable bonds is 41. The van der Waals surface area contributed by atoms with Crippen LogP contribution in [0.5, 0.6) is 0 Å². The van der Waals surface area contributed by atoms with Crippen LogP contribution in [0.25, 0.3) is 0 Å². The van der Waals surface area contributed by atoms with Crippen molar-refractivity contribution >= 4 is 51.4 Å². The molecule has 7 atom stereocenters. The average molecular weight is 1130 g/mol. The van der Waals surface area contributed by atoms with E-state index in [9.17, 15) is 28.8 Å². The number of likely N-dealkylation sites (tertiary alicyclic amines) is 1. The number of ether oxygens (including phenoxy) is 8. The molecule has 1 aliphatic heterocycles. The fourth-order valence-corrected chi connectivity index (χ4v) is 9.02. The zero-order valence-corrected chi connectivity index (χ0v) is 48.3. The third-order valence-electron chi connectivity index (χ3n) is 13.3. The van der Waals surface area contributed by atoms with Crippen molar-refractivity contribution in [3.63, 3.8) is 0 Å². The second-order valence-corrected chi connectivity index (χ2v) is 20.3. The van der Waals surface area contributed by atoms with Crippen LogP contribution in [0.1, 0.15) is 87.0 Å². The fraction of sp³-hybridized carbons (Fsp3) is 0.778. The van der Waals surface area contributed by atoms with E-state index in [1.807, 2.05) is 58.9 Å². The molecule has 1 saturated heterocycles. The lowest BCUT2D eigenvalue weighted by Gasteiger charge is -2.41. The number of hydrogen-bond donors (Lipinski definition) is 4. The van der Waals surface area contributed by atoms with Crippen LogP contribution >= 0.6 is 15.9 Å². The number of methoxy groups -OCH3 is 2. The molecule has 0 bridgehead atoms. The van der Waals surface area contributed by atoms with Crippen LogP contribution in [-0.2, 0) is 66.7 Å². The van der Waals surface area contributed by atoms with Gasteiger partial charge in [-0.1, -0.05) is 93.4 Å². The lowest BCUT2D eigenvalue weighted by molar-refractivity contribution is -0.148.